The zero-order valence-corrected chi connectivity index (χ0v) is 6.93. The molecule has 0 unspecified atom stereocenters. The van der Waals surface area contributed by atoms with E-state index >= 15 is 0 Å². The molecule has 0 aromatic rings. The molecule has 1 saturated carbocycles. The van der Waals surface area contributed by atoms with Crippen LogP contribution in [0.15, 0.2) is 24.4 Å². The monoisotopic (exact) mass is 165 g/mol. The second-order valence-corrected chi connectivity index (χ2v) is 3.07. The van der Waals surface area contributed by atoms with Gasteiger partial charge in [-0.25, -0.2) is 4.79 Å². The van der Waals surface area contributed by atoms with Crippen LogP contribution in [-0.4, -0.2) is 24.1 Å². The molecule has 2 aliphatic rings. The average Bonchev–Trinajstić information content (AvgIpc) is 2.80. The number of carbonyl (C=O) groups excluding carboxylic acids is 1. The second-order valence-electron chi connectivity index (χ2n) is 3.07. The molecular weight excluding hydrogens is 154 g/mol. The van der Waals surface area contributed by atoms with Crippen molar-refractivity contribution in [2.24, 2.45) is 5.92 Å². The third-order valence-electron chi connectivity index (χ3n) is 2.26. The summed E-state index contributed by atoms with van der Waals surface area (Å²) in [6.45, 7) is 0. The van der Waals surface area contributed by atoms with Crippen LogP contribution in [0.3, 0.4) is 0 Å². The van der Waals surface area contributed by atoms with Crippen molar-refractivity contribution in [1.82, 2.24) is 4.90 Å². The van der Waals surface area contributed by atoms with Gasteiger partial charge in [0, 0.05) is 18.2 Å². The fourth-order valence-electron chi connectivity index (χ4n) is 1.49. The quantitative estimate of drug-likeness (QED) is 0.544. The second kappa shape index (κ2) is 2.66. The number of amides is 1. The minimum atomic E-state index is -0.262. The summed E-state index contributed by atoms with van der Waals surface area (Å²) in [4.78, 5) is 12.8. The molecule has 64 valence electrons. The highest BCUT2D eigenvalue weighted by molar-refractivity contribution is 5.70. The summed E-state index contributed by atoms with van der Waals surface area (Å²) < 4.78 is 4.65. The number of hydrogen-bond acceptors (Lipinski definition) is 2. The first-order chi connectivity index (χ1) is 5.83. The Morgan fingerprint density at radius 3 is 3.17 bits per heavy atom. The maximum Gasteiger partial charge on any atom is 0.413 e. The third-order valence-corrected chi connectivity index (χ3v) is 2.26. The molecule has 12 heavy (non-hydrogen) atoms. The predicted octanol–water partition coefficient (Wildman–Crippen LogP) is 1.53. The number of fused-ring (bicyclic) bond motifs is 1. The van der Waals surface area contributed by atoms with Crippen LogP contribution >= 0.6 is 0 Å². The van der Waals surface area contributed by atoms with Gasteiger partial charge in [0.25, 0.3) is 0 Å². The number of rotatable bonds is 0. The minimum Gasteiger partial charge on any atom is -0.452 e. The number of methoxy groups -OCH3 is 1. The fourth-order valence-corrected chi connectivity index (χ4v) is 1.49. The molecule has 0 aromatic carbocycles. The number of nitrogens with zero attached hydrogens (tertiary/aromatic N) is 1. The van der Waals surface area contributed by atoms with Crippen LogP contribution in [0.4, 0.5) is 4.79 Å². The van der Waals surface area contributed by atoms with Gasteiger partial charge in [0.2, 0.25) is 0 Å². The lowest BCUT2D eigenvalue weighted by molar-refractivity contribution is 0.137. The van der Waals surface area contributed by atoms with E-state index in [1.807, 2.05) is 12.2 Å². The molecule has 0 radical (unpaired) electrons. The van der Waals surface area contributed by atoms with Gasteiger partial charge in [0.15, 0.2) is 0 Å². The van der Waals surface area contributed by atoms with Gasteiger partial charge in [-0.1, -0.05) is 12.2 Å². The number of allylic oxidation sites excluding steroid dienone is 2. The van der Waals surface area contributed by atoms with E-state index in [0.29, 0.717) is 12.0 Å². The van der Waals surface area contributed by atoms with E-state index in [2.05, 4.69) is 10.8 Å². The highest BCUT2D eigenvalue weighted by atomic mass is 16.5. The van der Waals surface area contributed by atoms with E-state index in [4.69, 9.17) is 0 Å². The maximum absolute atomic E-state index is 11.2. The van der Waals surface area contributed by atoms with Crippen LogP contribution in [0.5, 0.6) is 0 Å². The molecule has 3 heteroatoms. The van der Waals surface area contributed by atoms with Crippen molar-refractivity contribution in [3.8, 4) is 0 Å². The smallest absolute Gasteiger partial charge is 0.413 e. The Morgan fingerprint density at radius 2 is 2.42 bits per heavy atom. The molecule has 0 aromatic heterocycles. The lowest BCUT2D eigenvalue weighted by Gasteiger charge is -2.15. The third kappa shape index (κ3) is 1.11. The molecule has 1 aliphatic carbocycles. The van der Waals surface area contributed by atoms with Crippen molar-refractivity contribution in [2.45, 2.75) is 12.5 Å². The highest BCUT2D eigenvalue weighted by Crippen LogP contribution is 2.38. The van der Waals surface area contributed by atoms with Gasteiger partial charge in [-0.3, -0.25) is 4.90 Å². The van der Waals surface area contributed by atoms with E-state index in [-0.39, 0.29) is 6.09 Å². The van der Waals surface area contributed by atoms with Gasteiger partial charge >= 0.3 is 6.09 Å². The number of ether oxygens (including phenoxy) is 1. The summed E-state index contributed by atoms with van der Waals surface area (Å²) in [7, 11) is 1.41. The molecule has 2 atom stereocenters. The first-order valence-corrected chi connectivity index (χ1v) is 4.04. The molecule has 0 saturated heterocycles. The number of hydrogen-bond donors (Lipinski definition) is 0. The maximum atomic E-state index is 11.2. The Kier molecular flexibility index (Phi) is 1.64. The summed E-state index contributed by atoms with van der Waals surface area (Å²) in [6, 6.07) is 0.340. The Balaban J connectivity index is 2.11. The first kappa shape index (κ1) is 7.40. The van der Waals surface area contributed by atoms with Crippen LogP contribution in [-0.2, 0) is 4.74 Å². The Hall–Kier alpha value is -1.25. The average molecular weight is 165 g/mol. The van der Waals surface area contributed by atoms with Crippen LogP contribution in [0.25, 0.3) is 0 Å². The van der Waals surface area contributed by atoms with Gasteiger partial charge in [0.1, 0.15) is 0 Å². The van der Waals surface area contributed by atoms with E-state index in [1.54, 1.807) is 11.1 Å². The summed E-state index contributed by atoms with van der Waals surface area (Å²) >= 11 is 0. The van der Waals surface area contributed by atoms with Crippen molar-refractivity contribution >= 4 is 6.09 Å². The minimum absolute atomic E-state index is 0.262. The van der Waals surface area contributed by atoms with Gasteiger partial charge in [0.05, 0.1) is 7.11 Å². The molecule has 0 N–H and O–H groups in total. The molecule has 1 fully saturated rings. The standard InChI is InChI=1S/C9H11NO2/c1-12-9(11)10-5-3-2-4-7-6-8(7)10/h2-5,7-8H,6H2,1H3/t7-,8+/m0/s1. The Labute approximate surface area is 71.3 Å². The topological polar surface area (TPSA) is 29.5 Å². The van der Waals surface area contributed by atoms with Crippen molar-refractivity contribution in [3.05, 3.63) is 24.4 Å². The molecule has 1 aliphatic heterocycles. The van der Waals surface area contributed by atoms with Crippen LogP contribution < -0.4 is 0 Å². The van der Waals surface area contributed by atoms with Gasteiger partial charge in [-0.2, -0.15) is 0 Å². The highest BCUT2D eigenvalue weighted by Gasteiger charge is 2.42. The van der Waals surface area contributed by atoms with Gasteiger partial charge in [-0.15, -0.1) is 0 Å². The van der Waals surface area contributed by atoms with Gasteiger partial charge in [-0.05, 0) is 12.5 Å². The fraction of sp³-hybridized carbons (Fsp3) is 0.444. The van der Waals surface area contributed by atoms with Crippen molar-refractivity contribution < 1.29 is 9.53 Å². The molecule has 1 heterocycles. The number of carbonyl (C=O) groups is 1. The summed E-state index contributed by atoms with van der Waals surface area (Å²) in [5, 5.41) is 0. The molecule has 3 nitrogen and oxygen atoms in total. The van der Waals surface area contributed by atoms with Crippen LogP contribution in [0.2, 0.25) is 0 Å². The van der Waals surface area contributed by atoms with E-state index in [9.17, 15) is 4.79 Å². The van der Waals surface area contributed by atoms with Crippen molar-refractivity contribution in [3.63, 3.8) is 0 Å². The normalized spacial score (nSPS) is 30.9. The predicted molar refractivity (Wildman–Crippen MR) is 44.4 cm³/mol. The Morgan fingerprint density at radius 1 is 1.58 bits per heavy atom. The molecule has 0 bridgehead atoms. The molecule has 0 spiro atoms. The summed E-state index contributed by atoms with van der Waals surface area (Å²) in [6.07, 6.45) is 8.55. The van der Waals surface area contributed by atoms with E-state index in [0.717, 1.165) is 6.42 Å². The molecule has 2 rings (SSSR count). The zero-order chi connectivity index (χ0) is 8.55. The first-order valence-electron chi connectivity index (χ1n) is 4.04. The lowest BCUT2D eigenvalue weighted by Crippen LogP contribution is -2.28. The lowest BCUT2D eigenvalue weighted by atomic mass is 10.3. The van der Waals surface area contributed by atoms with E-state index < -0.39 is 0 Å². The molecular formula is C9H11NO2. The Bertz CT molecular complexity index is 257. The van der Waals surface area contributed by atoms with E-state index in [1.165, 1.54) is 7.11 Å². The largest absolute Gasteiger partial charge is 0.452 e. The van der Waals surface area contributed by atoms with Crippen LogP contribution in [0, 0.1) is 5.92 Å². The zero-order valence-electron chi connectivity index (χ0n) is 6.93. The van der Waals surface area contributed by atoms with Crippen molar-refractivity contribution in [2.75, 3.05) is 7.11 Å². The summed E-state index contributed by atoms with van der Waals surface area (Å²) in [5.74, 6) is 0.541. The van der Waals surface area contributed by atoms with Crippen molar-refractivity contribution in [1.29, 1.82) is 0 Å². The van der Waals surface area contributed by atoms with Gasteiger partial charge < -0.3 is 4.74 Å². The SMILES string of the molecule is COC(=O)N1C=CC=C[C@H]2C[C@H]21. The van der Waals surface area contributed by atoms with Crippen LogP contribution in [0.1, 0.15) is 6.42 Å². The summed E-state index contributed by atoms with van der Waals surface area (Å²) in [5.41, 5.74) is 0. The molecule has 1 amide bonds.